The zero-order valence-corrected chi connectivity index (χ0v) is 11.0. The molecule has 2 aromatic heterocycles. The summed E-state index contributed by atoms with van der Waals surface area (Å²) >= 11 is 0. The van der Waals surface area contributed by atoms with Gasteiger partial charge in [0.2, 0.25) is 11.8 Å². The molecule has 0 aliphatic carbocycles. The fourth-order valence-corrected chi connectivity index (χ4v) is 1.83. The Morgan fingerprint density at radius 2 is 2.14 bits per heavy atom. The molecule has 0 aliphatic heterocycles. The summed E-state index contributed by atoms with van der Waals surface area (Å²) in [6.07, 6.45) is 1.54. The molecular weight excluding hydrogens is 272 g/mol. The van der Waals surface area contributed by atoms with Crippen molar-refractivity contribution >= 4 is 17.0 Å². The Morgan fingerprint density at radius 1 is 1.29 bits per heavy atom. The number of ether oxygens (including phenoxy) is 2. The lowest BCUT2D eigenvalue weighted by molar-refractivity contribution is 0.375. The molecule has 0 saturated carbocycles. The van der Waals surface area contributed by atoms with Gasteiger partial charge in [-0.25, -0.2) is 0 Å². The molecule has 0 radical (unpaired) electrons. The molecule has 8 nitrogen and oxygen atoms in total. The molecule has 3 rings (SSSR count). The van der Waals surface area contributed by atoms with Crippen LogP contribution in [0, 0.1) is 11.3 Å². The molecule has 3 aromatic rings. The SMILES string of the molecule is COc1cc(C#N)ccc1Oc1nc(N)nc2[nH]ncc12. The average Bonchev–Trinajstić information content (AvgIpc) is 2.96. The second-order valence-electron chi connectivity index (χ2n) is 4.10. The van der Waals surface area contributed by atoms with Gasteiger partial charge in [-0.1, -0.05) is 0 Å². The van der Waals surface area contributed by atoms with E-state index in [-0.39, 0.29) is 11.8 Å². The molecule has 104 valence electrons. The molecule has 21 heavy (non-hydrogen) atoms. The van der Waals surface area contributed by atoms with Crippen molar-refractivity contribution in [3.63, 3.8) is 0 Å². The number of hydrogen-bond donors (Lipinski definition) is 2. The summed E-state index contributed by atoms with van der Waals surface area (Å²) in [5.74, 6) is 1.16. The highest BCUT2D eigenvalue weighted by molar-refractivity contribution is 5.80. The zero-order chi connectivity index (χ0) is 14.8. The molecule has 1 aromatic carbocycles. The number of nitrogens with two attached hydrogens (primary N) is 1. The van der Waals surface area contributed by atoms with E-state index in [2.05, 4.69) is 20.2 Å². The van der Waals surface area contributed by atoms with Gasteiger partial charge in [0.15, 0.2) is 17.1 Å². The molecule has 0 amide bonds. The second kappa shape index (κ2) is 4.97. The summed E-state index contributed by atoms with van der Waals surface area (Å²) in [5, 5.41) is 16.1. The molecule has 0 unspecified atom stereocenters. The molecule has 0 atom stereocenters. The van der Waals surface area contributed by atoms with Crippen molar-refractivity contribution in [1.29, 1.82) is 5.26 Å². The number of fused-ring (bicyclic) bond motifs is 1. The summed E-state index contributed by atoms with van der Waals surface area (Å²) in [5.41, 5.74) is 6.57. The molecule has 0 spiro atoms. The van der Waals surface area contributed by atoms with Crippen molar-refractivity contribution < 1.29 is 9.47 Å². The lowest BCUT2D eigenvalue weighted by Gasteiger charge is -2.10. The van der Waals surface area contributed by atoms with E-state index < -0.39 is 0 Å². The minimum Gasteiger partial charge on any atom is -0.493 e. The van der Waals surface area contributed by atoms with Crippen LogP contribution >= 0.6 is 0 Å². The van der Waals surface area contributed by atoms with E-state index in [4.69, 9.17) is 20.5 Å². The predicted octanol–water partition coefficient (Wildman–Crippen LogP) is 1.61. The van der Waals surface area contributed by atoms with Gasteiger partial charge in [-0.15, -0.1) is 0 Å². The highest BCUT2D eigenvalue weighted by Gasteiger charge is 2.13. The summed E-state index contributed by atoms with van der Waals surface area (Å²) < 4.78 is 10.9. The number of aromatic nitrogens is 4. The van der Waals surface area contributed by atoms with Crippen LogP contribution in [0.15, 0.2) is 24.4 Å². The lowest BCUT2D eigenvalue weighted by Crippen LogP contribution is -1.99. The highest BCUT2D eigenvalue weighted by atomic mass is 16.5. The van der Waals surface area contributed by atoms with Gasteiger partial charge in [0.1, 0.15) is 5.39 Å². The van der Waals surface area contributed by atoms with Crippen LogP contribution in [-0.2, 0) is 0 Å². The summed E-state index contributed by atoms with van der Waals surface area (Å²) in [6, 6.07) is 6.85. The van der Waals surface area contributed by atoms with Crippen LogP contribution in [0.2, 0.25) is 0 Å². The molecule has 0 saturated heterocycles. The van der Waals surface area contributed by atoms with Crippen molar-refractivity contribution in [1.82, 2.24) is 20.2 Å². The number of benzene rings is 1. The number of methoxy groups -OCH3 is 1. The first-order chi connectivity index (χ1) is 10.2. The number of nitrogens with one attached hydrogen (secondary N) is 1. The number of anilines is 1. The maximum atomic E-state index is 8.89. The van der Waals surface area contributed by atoms with Crippen LogP contribution in [0.1, 0.15) is 5.56 Å². The monoisotopic (exact) mass is 282 g/mol. The second-order valence-corrected chi connectivity index (χ2v) is 4.10. The first-order valence-electron chi connectivity index (χ1n) is 5.94. The number of hydrogen-bond acceptors (Lipinski definition) is 7. The van der Waals surface area contributed by atoms with Crippen LogP contribution in [0.3, 0.4) is 0 Å². The molecule has 0 fully saturated rings. The quantitative estimate of drug-likeness (QED) is 0.747. The number of nitriles is 1. The van der Waals surface area contributed by atoms with Gasteiger partial charge in [-0.05, 0) is 12.1 Å². The number of H-pyrrole nitrogens is 1. The van der Waals surface area contributed by atoms with Crippen molar-refractivity contribution in [2.75, 3.05) is 12.8 Å². The van der Waals surface area contributed by atoms with Gasteiger partial charge in [0, 0.05) is 6.07 Å². The normalized spacial score (nSPS) is 10.3. The van der Waals surface area contributed by atoms with Gasteiger partial charge in [0.05, 0.1) is 24.9 Å². The van der Waals surface area contributed by atoms with Crippen LogP contribution < -0.4 is 15.2 Å². The van der Waals surface area contributed by atoms with Crippen molar-refractivity contribution in [3.05, 3.63) is 30.0 Å². The first-order valence-corrected chi connectivity index (χ1v) is 5.94. The van der Waals surface area contributed by atoms with E-state index in [1.807, 2.05) is 6.07 Å². The number of rotatable bonds is 3. The standard InChI is InChI=1S/C13H10N6O2/c1-20-10-4-7(5-14)2-3-9(10)21-12-8-6-16-19-11(8)17-13(15)18-12/h2-4,6H,1H3,(H3,15,16,17,18,19). The lowest BCUT2D eigenvalue weighted by atomic mass is 10.2. The zero-order valence-electron chi connectivity index (χ0n) is 11.0. The number of nitrogen functional groups attached to an aromatic ring is 1. The third-order valence-corrected chi connectivity index (χ3v) is 2.79. The van der Waals surface area contributed by atoms with Crippen molar-refractivity contribution in [2.45, 2.75) is 0 Å². The van der Waals surface area contributed by atoms with E-state index in [1.165, 1.54) is 7.11 Å². The third-order valence-electron chi connectivity index (χ3n) is 2.79. The maximum Gasteiger partial charge on any atom is 0.235 e. The fourth-order valence-electron chi connectivity index (χ4n) is 1.83. The molecule has 3 N–H and O–H groups in total. The largest absolute Gasteiger partial charge is 0.493 e. The van der Waals surface area contributed by atoms with Crippen molar-refractivity contribution in [2.24, 2.45) is 0 Å². The Balaban J connectivity index is 2.06. The highest BCUT2D eigenvalue weighted by Crippen LogP contribution is 2.34. The van der Waals surface area contributed by atoms with Gasteiger partial charge in [-0.3, -0.25) is 5.10 Å². The average molecular weight is 282 g/mol. The first kappa shape index (κ1) is 12.7. The number of nitrogens with zero attached hydrogens (tertiary/aromatic N) is 4. The van der Waals surface area contributed by atoms with E-state index in [0.29, 0.717) is 28.1 Å². The van der Waals surface area contributed by atoms with Crippen molar-refractivity contribution in [3.8, 4) is 23.4 Å². The Hall–Kier alpha value is -3.34. The Kier molecular flexibility index (Phi) is 3.00. The van der Waals surface area contributed by atoms with Crippen LogP contribution in [-0.4, -0.2) is 27.3 Å². The molecule has 8 heteroatoms. The predicted molar refractivity (Wildman–Crippen MR) is 73.9 cm³/mol. The van der Waals surface area contributed by atoms with E-state index in [1.54, 1.807) is 24.4 Å². The fraction of sp³-hybridized carbons (Fsp3) is 0.0769. The Morgan fingerprint density at radius 3 is 2.90 bits per heavy atom. The number of aromatic amines is 1. The molecule has 0 bridgehead atoms. The third kappa shape index (κ3) is 2.28. The molecule has 2 heterocycles. The summed E-state index contributed by atoms with van der Waals surface area (Å²) in [7, 11) is 1.49. The molecule has 0 aliphatic rings. The molecular formula is C13H10N6O2. The minimum atomic E-state index is 0.0642. The van der Waals surface area contributed by atoms with Gasteiger partial charge < -0.3 is 15.2 Å². The van der Waals surface area contributed by atoms with Gasteiger partial charge >= 0.3 is 0 Å². The van der Waals surface area contributed by atoms with Gasteiger partial charge in [-0.2, -0.15) is 20.3 Å². The van der Waals surface area contributed by atoms with E-state index in [0.717, 1.165) is 0 Å². The van der Waals surface area contributed by atoms with Crippen LogP contribution in [0.5, 0.6) is 17.4 Å². The topological polar surface area (TPSA) is 123 Å². The Labute approximate surface area is 119 Å². The Bertz CT molecular complexity index is 851. The van der Waals surface area contributed by atoms with E-state index in [9.17, 15) is 0 Å². The van der Waals surface area contributed by atoms with Gasteiger partial charge in [0.25, 0.3) is 0 Å². The summed E-state index contributed by atoms with van der Waals surface area (Å²) in [4.78, 5) is 8.05. The maximum absolute atomic E-state index is 8.89. The minimum absolute atomic E-state index is 0.0642. The smallest absolute Gasteiger partial charge is 0.235 e. The van der Waals surface area contributed by atoms with Crippen LogP contribution in [0.4, 0.5) is 5.95 Å². The summed E-state index contributed by atoms with van der Waals surface area (Å²) in [6.45, 7) is 0. The van der Waals surface area contributed by atoms with E-state index >= 15 is 0 Å². The van der Waals surface area contributed by atoms with Crippen LogP contribution in [0.25, 0.3) is 11.0 Å².